The van der Waals surface area contributed by atoms with Crippen LogP contribution in [0.3, 0.4) is 0 Å². The van der Waals surface area contributed by atoms with Crippen molar-refractivity contribution < 1.29 is 37.3 Å². The molecule has 0 radical (unpaired) electrons. The number of hydrogen-bond donors (Lipinski definition) is 1. The van der Waals surface area contributed by atoms with Crippen LogP contribution in [0, 0.1) is 11.3 Å². The van der Waals surface area contributed by atoms with Gasteiger partial charge in [0.15, 0.2) is 6.23 Å². The molecule has 1 aliphatic rings. The Bertz CT molecular complexity index is 4050. The number of aromatic amines is 1. The number of nitrogens with one attached hydrogen (secondary N) is 1. The molecule has 1 fully saturated rings. The van der Waals surface area contributed by atoms with Crippen LogP contribution in [0.15, 0.2) is 167 Å². The zero-order valence-electron chi connectivity index (χ0n) is 44.6. The molecule has 0 saturated carbocycles. The molecular weight excluding hydrogens is 1020 g/mol. The molecule has 0 aliphatic carbocycles. The molecule has 15 heteroatoms. The van der Waals surface area contributed by atoms with Crippen LogP contribution < -0.4 is 20.7 Å². The van der Waals surface area contributed by atoms with Crippen molar-refractivity contribution in [2.45, 2.75) is 82.6 Å². The summed E-state index contributed by atoms with van der Waals surface area (Å²) in [5, 5.41) is 24.2. The number of nitriles is 1. The highest BCUT2D eigenvalue weighted by Gasteiger charge is 2.51. The third-order valence-corrected chi connectivity index (χ3v) is 16.7. The molecule has 1 N–H and O–H groups in total. The Morgan fingerprint density at radius 3 is 1.72 bits per heavy atom. The quantitative estimate of drug-likeness (QED) is 0.0333. The molecule has 0 bridgehead atoms. The van der Waals surface area contributed by atoms with E-state index in [1.807, 2.05) is 111 Å². The molecule has 6 atom stereocenters. The van der Waals surface area contributed by atoms with Crippen molar-refractivity contribution in [3.63, 3.8) is 0 Å². The minimum Gasteiger partial charge on any atom is -0.497 e. The average molecular weight is 1080 g/mol. The highest BCUT2D eigenvalue weighted by molar-refractivity contribution is 7.33. The maximum Gasteiger partial charge on any atom is 0.330 e. The number of methoxy groups -OCH3 is 2. The van der Waals surface area contributed by atoms with Crippen molar-refractivity contribution in [2.75, 3.05) is 27.4 Å². The molecule has 4 unspecified atom stereocenters. The van der Waals surface area contributed by atoms with Gasteiger partial charge in [0.2, 0.25) is 0 Å². The van der Waals surface area contributed by atoms with Crippen LogP contribution in [0.5, 0.6) is 11.5 Å². The molecule has 2 heterocycles. The van der Waals surface area contributed by atoms with Gasteiger partial charge in [0.05, 0.1) is 40.1 Å². The van der Waals surface area contributed by atoms with Crippen LogP contribution in [0.1, 0.15) is 56.2 Å². The zero-order chi connectivity index (χ0) is 54.7. The first kappa shape index (κ1) is 52.0. The normalized spacial score (nSPS) is 17.9. The van der Waals surface area contributed by atoms with Crippen LogP contribution in [-0.2, 0) is 40.0 Å². The second kappa shape index (κ2) is 21.2. The summed E-state index contributed by atoms with van der Waals surface area (Å²) in [4.78, 5) is 31.1. The number of rotatable bonds is 20. The summed E-state index contributed by atoms with van der Waals surface area (Å²) in [6, 6.07) is 51.7. The van der Waals surface area contributed by atoms with Gasteiger partial charge >= 0.3 is 13.9 Å². The minimum atomic E-state index is -3.48. The Labute approximate surface area is 456 Å². The molecule has 1 aromatic heterocycles. The average Bonchev–Trinajstić information content (AvgIpc) is 3.70. The Balaban J connectivity index is 0.986. The fraction of sp³-hybridized carbons (Fsp3) is 0.266. The molecule has 400 valence electrons. The van der Waals surface area contributed by atoms with E-state index in [9.17, 15) is 19.4 Å². The van der Waals surface area contributed by atoms with Gasteiger partial charge in [0.25, 0.3) is 5.56 Å². The van der Waals surface area contributed by atoms with Crippen molar-refractivity contribution in [3.8, 4) is 17.6 Å². The Kier molecular flexibility index (Phi) is 13.9. The summed E-state index contributed by atoms with van der Waals surface area (Å²) in [6.45, 7) is 7.53. The molecule has 1 aliphatic heterocycles. The van der Waals surface area contributed by atoms with E-state index >= 15 is 0 Å². The van der Waals surface area contributed by atoms with E-state index in [1.54, 1.807) is 14.2 Å². The second-order valence-electron chi connectivity index (χ2n) is 20.9. The predicted molar refractivity (Wildman–Crippen MR) is 308 cm³/mol. The smallest absolute Gasteiger partial charge is 0.330 e. The van der Waals surface area contributed by atoms with Gasteiger partial charge in [0, 0.05) is 24.3 Å². The van der Waals surface area contributed by atoms with Crippen LogP contribution in [0.2, 0.25) is 0 Å². The highest BCUT2D eigenvalue weighted by Crippen LogP contribution is 2.50. The second-order valence-corrected chi connectivity index (χ2v) is 21.9. The minimum absolute atomic E-state index is 0.00441. The van der Waals surface area contributed by atoms with Crippen molar-refractivity contribution in [3.05, 3.63) is 201 Å². The van der Waals surface area contributed by atoms with Crippen molar-refractivity contribution >= 4 is 72.9 Å². The molecule has 10 aromatic carbocycles. The van der Waals surface area contributed by atoms with Gasteiger partial charge in [-0.1, -0.05) is 115 Å². The maximum atomic E-state index is 14.6. The summed E-state index contributed by atoms with van der Waals surface area (Å²) < 4.78 is 61.3. The lowest BCUT2D eigenvalue weighted by Gasteiger charge is -2.37. The van der Waals surface area contributed by atoms with E-state index in [1.165, 1.54) is 49.1 Å². The number of ether oxygens (including phenoxy) is 5. The fourth-order valence-electron chi connectivity index (χ4n) is 12.5. The number of H-pyrrole nitrogens is 1. The van der Waals surface area contributed by atoms with Crippen LogP contribution in [-0.4, -0.2) is 78.3 Å². The summed E-state index contributed by atoms with van der Waals surface area (Å²) in [7, 11) is -0.265. The van der Waals surface area contributed by atoms with Crippen molar-refractivity contribution in [1.29, 1.82) is 5.26 Å². The molecule has 11 aromatic rings. The van der Waals surface area contributed by atoms with Gasteiger partial charge in [0.1, 0.15) is 41.5 Å². The van der Waals surface area contributed by atoms with Crippen molar-refractivity contribution in [1.82, 2.24) is 14.5 Å². The van der Waals surface area contributed by atoms with Crippen LogP contribution >= 0.6 is 8.25 Å². The third-order valence-electron chi connectivity index (χ3n) is 15.9. The molecule has 0 amide bonds. The molecular formula is C64H59N4O10P. The Morgan fingerprint density at radius 2 is 1.19 bits per heavy atom. The summed E-state index contributed by atoms with van der Waals surface area (Å²) >= 11 is 0. The Morgan fingerprint density at radius 1 is 0.671 bits per heavy atom. The van der Waals surface area contributed by atoms with Gasteiger partial charge in [-0.15, -0.1) is 0 Å². The van der Waals surface area contributed by atoms with E-state index in [4.69, 9.17) is 32.7 Å². The summed E-state index contributed by atoms with van der Waals surface area (Å²) in [5.41, 5.74) is 0.455. The maximum absolute atomic E-state index is 14.6. The lowest BCUT2D eigenvalue weighted by molar-refractivity contribution is -0.0986. The van der Waals surface area contributed by atoms with Gasteiger partial charge in [-0.2, -0.15) is 5.26 Å². The van der Waals surface area contributed by atoms with E-state index < -0.39 is 55.7 Å². The van der Waals surface area contributed by atoms with E-state index in [0.717, 1.165) is 54.6 Å². The fourth-order valence-corrected chi connectivity index (χ4v) is 13.3. The van der Waals surface area contributed by atoms with Gasteiger partial charge < -0.3 is 32.7 Å². The molecule has 79 heavy (non-hydrogen) atoms. The standard InChI is InChI=1S/C64H59N4O10P/c1-37(2)68(38(3)4)48(33-65)35-76-79(71)78-60-52(36-75-64(45-10-8-7-9-11-45,46-21-25-49(72-5)26-22-46)47-23-27-50(73-6)28-24-47)77-62(67-31-30-53(69)66-63(67)70)61(60)74-34-44-32-43-19-18-41-15-13-39-12-14-40-16-17-42-20-29-51(44)59-57(42)55(40)54(39)56(41)58(43)59/h7-32,37-38,48,52,60-62,79H,34-36H2,1-6H3,(H,66,69,70)/t48?,52-,60?,61?,62-/m0/s1. The lowest BCUT2D eigenvalue weighted by Crippen LogP contribution is -2.46. The molecule has 12 rings (SSSR count). The van der Waals surface area contributed by atoms with Crippen LogP contribution in [0.25, 0.3) is 64.6 Å². The summed E-state index contributed by atoms with van der Waals surface area (Å²) in [6.07, 6.45) is -3.43. The molecule has 1 saturated heterocycles. The molecule has 14 nitrogen and oxygen atoms in total. The highest BCUT2D eigenvalue weighted by atomic mass is 31.1. The number of nitrogens with zero attached hydrogens (tertiary/aromatic N) is 3. The third kappa shape index (κ3) is 9.06. The number of benzene rings is 10. The first-order valence-electron chi connectivity index (χ1n) is 26.6. The molecule has 0 spiro atoms. The van der Waals surface area contributed by atoms with Gasteiger partial charge in [-0.3, -0.25) is 23.8 Å². The zero-order valence-corrected chi connectivity index (χ0v) is 45.6. The van der Waals surface area contributed by atoms with Crippen molar-refractivity contribution in [2.24, 2.45) is 0 Å². The van der Waals surface area contributed by atoms with E-state index in [-0.39, 0.29) is 31.9 Å². The van der Waals surface area contributed by atoms with Crippen LogP contribution in [0.4, 0.5) is 0 Å². The SMILES string of the molecule is COc1ccc(C(OC[C@@H]2O[C@H](n3ccc(=O)[nH]c3=O)C(OCc3cc4ccc5ccc6ccc7ccc8ccc3c3c8c7c6c5c43)C2O[PH](=O)OCC(C#N)N(C(C)C)C(C)C)(c2ccccc2)c2ccc(OC)cc2)cc1. The summed E-state index contributed by atoms with van der Waals surface area (Å²) in [5.74, 6) is 1.29. The largest absolute Gasteiger partial charge is 0.497 e. The van der Waals surface area contributed by atoms with Gasteiger partial charge in [-0.05, 0) is 145 Å². The number of aromatic nitrogens is 2. The Hall–Kier alpha value is -7.70. The lowest BCUT2D eigenvalue weighted by atomic mass is 9.80. The monoisotopic (exact) mass is 1070 g/mol. The van der Waals surface area contributed by atoms with E-state index in [2.05, 4.69) is 77.8 Å². The first-order valence-corrected chi connectivity index (χ1v) is 27.8. The predicted octanol–water partition coefficient (Wildman–Crippen LogP) is 12.1. The van der Waals surface area contributed by atoms with Gasteiger partial charge in [-0.25, -0.2) is 4.79 Å². The van der Waals surface area contributed by atoms with E-state index in [0.29, 0.717) is 11.5 Å². The number of hydrogen-bond acceptors (Lipinski definition) is 12. The first-order chi connectivity index (χ1) is 38.4. The topological polar surface area (TPSA) is 164 Å².